The van der Waals surface area contributed by atoms with Crippen molar-refractivity contribution in [1.82, 2.24) is 15.2 Å². The Morgan fingerprint density at radius 2 is 2.11 bits per heavy atom. The van der Waals surface area contributed by atoms with Crippen molar-refractivity contribution in [2.45, 2.75) is 32.4 Å². The number of aromatic nitrogens is 1. The van der Waals surface area contributed by atoms with E-state index >= 15 is 0 Å². The van der Waals surface area contributed by atoms with Crippen molar-refractivity contribution in [1.29, 1.82) is 0 Å². The highest BCUT2D eigenvalue weighted by Gasteiger charge is 2.23. The van der Waals surface area contributed by atoms with E-state index in [1.54, 1.807) is 6.20 Å². The zero-order valence-electron chi connectivity index (χ0n) is 16.3. The van der Waals surface area contributed by atoms with E-state index in [0.29, 0.717) is 29.3 Å². The Morgan fingerprint density at radius 1 is 1.29 bits per heavy atom. The summed E-state index contributed by atoms with van der Waals surface area (Å²) in [5.74, 6) is 1.24. The molecular weight excluding hydrogens is 354 g/mol. The fourth-order valence-electron chi connectivity index (χ4n) is 3.62. The van der Waals surface area contributed by atoms with Gasteiger partial charge in [0, 0.05) is 17.6 Å². The number of fused-ring (bicyclic) bond motifs is 1. The topological polar surface area (TPSA) is 67.6 Å². The molecule has 28 heavy (non-hydrogen) atoms. The number of hydrogen-bond donors (Lipinski definition) is 1. The van der Waals surface area contributed by atoms with Gasteiger partial charge in [-0.15, -0.1) is 0 Å². The van der Waals surface area contributed by atoms with Crippen molar-refractivity contribution in [3.63, 3.8) is 0 Å². The molecule has 0 radical (unpaired) electrons. The van der Waals surface area contributed by atoms with Gasteiger partial charge >= 0.3 is 0 Å². The van der Waals surface area contributed by atoms with E-state index in [2.05, 4.69) is 22.2 Å². The molecule has 1 amide bonds. The minimum Gasteiger partial charge on any atom is -0.487 e. The van der Waals surface area contributed by atoms with Gasteiger partial charge in [0.2, 0.25) is 0 Å². The molecule has 0 bridgehead atoms. The predicted molar refractivity (Wildman–Crippen MR) is 108 cm³/mol. The molecule has 3 aromatic rings. The summed E-state index contributed by atoms with van der Waals surface area (Å²) in [7, 11) is 2.11. The summed E-state index contributed by atoms with van der Waals surface area (Å²) in [4.78, 5) is 19.5. The number of pyridine rings is 1. The summed E-state index contributed by atoms with van der Waals surface area (Å²) in [6.45, 7) is 4.21. The number of carbonyl (C=O) groups excluding carboxylic acids is 1. The molecule has 0 atom stereocenters. The van der Waals surface area contributed by atoms with E-state index in [0.717, 1.165) is 37.0 Å². The van der Waals surface area contributed by atoms with E-state index in [1.165, 1.54) is 0 Å². The molecule has 4 rings (SSSR count). The third-order valence-electron chi connectivity index (χ3n) is 5.23. The lowest BCUT2D eigenvalue weighted by Gasteiger charge is -2.29. The van der Waals surface area contributed by atoms with Gasteiger partial charge in [0.1, 0.15) is 23.7 Å². The van der Waals surface area contributed by atoms with Crippen LogP contribution in [0.15, 0.2) is 47.0 Å². The van der Waals surface area contributed by atoms with Crippen LogP contribution in [-0.2, 0) is 6.61 Å². The molecule has 0 saturated carbocycles. The standard InChI is InChI=1S/C22H25N3O3/c1-15-21(22(26)24-16-8-11-25(2)12-9-16)19-13-18(6-7-20(19)28-15)27-14-17-5-3-4-10-23-17/h3-7,10,13,16H,8-9,11-12,14H2,1-2H3,(H,24,26). The fraction of sp³-hybridized carbons (Fsp3) is 0.364. The lowest BCUT2D eigenvalue weighted by atomic mass is 10.0. The van der Waals surface area contributed by atoms with E-state index in [9.17, 15) is 4.79 Å². The van der Waals surface area contributed by atoms with Crippen molar-refractivity contribution in [3.05, 3.63) is 59.6 Å². The molecule has 1 aromatic carbocycles. The number of nitrogens with zero attached hydrogens (tertiary/aromatic N) is 2. The molecule has 1 N–H and O–H groups in total. The Hall–Kier alpha value is -2.86. The molecule has 1 aliphatic rings. The molecular formula is C22H25N3O3. The summed E-state index contributed by atoms with van der Waals surface area (Å²) in [5.41, 5.74) is 2.14. The first kappa shape index (κ1) is 18.5. The Balaban J connectivity index is 1.52. The Labute approximate surface area is 164 Å². The molecule has 1 saturated heterocycles. The SMILES string of the molecule is Cc1oc2ccc(OCc3ccccn3)cc2c1C(=O)NC1CCN(C)CC1. The molecule has 1 fully saturated rings. The van der Waals surface area contributed by atoms with Crippen LogP contribution in [0.25, 0.3) is 11.0 Å². The highest BCUT2D eigenvalue weighted by atomic mass is 16.5. The van der Waals surface area contributed by atoms with Crippen molar-refractivity contribution in [3.8, 4) is 5.75 Å². The molecule has 0 unspecified atom stereocenters. The van der Waals surface area contributed by atoms with Gasteiger partial charge in [0.15, 0.2) is 0 Å². The molecule has 3 heterocycles. The van der Waals surface area contributed by atoms with Gasteiger partial charge in [-0.1, -0.05) is 6.07 Å². The van der Waals surface area contributed by atoms with Crippen LogP contribution in [0, 0.1) is 6.92 Å². The first-order valence-corrected chi connectivity index (χ1v) is 9.65. The average molecular weight is 379 g/mol. The molecule has 6 nitrogen and oxygen atoms in total. The summed E-state index contributed by atoms with van der Waals surface area (Å²) in [6, 6.07) is 11.5. The van der Waals surface area contributed by atoms with Crippen molar-refractivity contribution in [2.75, 3.05) is 20.1 Å². The zero-order chi connectivity index (χ0) is 19.5. The number of nitrogens with one attached hydrogen (secondary N) is 1. The first-order chi connectivity index (χ1) is 13.6. The molecule has 146 valence electrons. The summed E-state index contributed by atoms with van der Waals surface area (Å²) in [6.07, 6.45) is 3.68. The second kappa shape index (κ2) is 8.02. The van der Waals surface area contributed by atoms with E-state index < -0.39 is 0 Å². The number of aryl methyl sites for hydroxylation is 1. The van der Waals surface area contributed by atoms with Gasteiger partial charge in [-0.25, -0.2) is 0 Å². The minimum absolute atomic E-state index is 0.0762. The van der Waals surface area contributed by atoms with E-state index in [4.69, 9.17) is 9.15 Å². The molecule has 2 aromatic heterocycles. The normalized spacial score (nSPS) is 15.6. The lowest BCUT2D eigenvalue weighted by Crippen LogP contribution is -2.43. The number of likely N-dealkylation sites (tertiary alicyclic amines) is 1. The van der Waals surface area contributed by atoms with Gasteiger partial charge < -0.3 is 19.4 Å². The molecule has 0 spiro atoms. The fourth-order valence-corrected chi connectivity index (χ4v) is 3.62. The van der Waals surface area contributed by atoms with Crippen molar-refractivity contribution >= 4 is 16.9 Å². The van der Waals surface area contributed by atoms with E-state index in [1.807, 2.05) is 43.3 Å². The number of rotatable bonds is 5. The third-order valence-corrected chi connectivity index (χ3v) is 5.23. The maximum atomic E-state index is 12.9. The van der Waals surface area contributed by atoms with Crippen LogP contribution >= 0.6 is 0 Å². The van der Waals surface area contributed by atoms with Crippen LogP contribution in [0.5, 0.6) is 5.75 Å². The summed E-state index contributed by atoms with van der Waals surface area (Å²) >= 11 is 0. The number of carbonyl (C=O) groups is 1. The molecule has 6 heteroatoms. The van der Waals surface area contributed by atoms with Gasteiger partial charge in [-0.3, -0.25) is 9.78 Å². The van der Waals surface area contributed by atoms with Crippen molar-refractivity contribution < 1.29 is 13.9 Å². The monoisotopic (exact) mass is 379 g/mol. The van der Waals surface area contributed by atoms with Gasteiger partial charge in [0.05, 0.1) is 11.3 Å². The molecule has 0 aliphatic carbocycles. The zero-order valence-corrected chi connectivity index (χ0v) is 16.3. The number of amides is 1. The highest BCUT2D eigenvalue weighted by Crippen LogP contribution is 2.29. The number of hydrogen-bond acceptors (Lipinski definition) is 5. The van der Waals surface area contributed by atoms with Crippen LogP contribution in [0.3, 0.4) is 0 Å². The minimum atomic E-state index is -0.0762. The maximum absolute atomic E-state index is 12.9. The largest absolute Gasteiger partial charge is 0.487 e. The second-order valence-corrected chi connectivity index (χ2v) is 7.35. The van der Waals surface area contributed by atoms with Gasteiger partial charge in [-0.05, 0) is 70.2 Å². The highest BCUT2D eigenvalue weighted by molar-refractivity contribution is 6.07. The van der Waals surface area contributed by atoms with Crippen LogP contribution in [0.2, 0.25) is 0 Å². The summed E-state index contributed by atoms with van der Waals surface area (Å²) in [5, 5.41) is 3.95. The summed E-state index contributed by atoms with van der Waals surface area (Å²) < 4.78 is 11.7. The first-order valence-electron chi connectivity index (χ1n) is 9.65. The van der Waals surface area contributed by atoms with Crippen molar-refractivity contribution in [2.24, 2.45) is 0 Å². The number of furan rings is 1. The van der Waals surface area contributed by atoms with Gasteiger partial charge in [-0.2, -0.15) is 0 Å². The molecule has 1 aliphatic heterocycles. The van der Waals surface area contributed by atoms with Crippen LogP contribution in [-0.4, -0.2) is 42.0 Å². The lowest BCUT2D eigenvalue weighted by molar-refractivity contribution is 0.0917. The second-order valence-electron chi connectivity index (χ2n) is 7.35. The smallest absolute Gasteiger partial charge is 0.255 e. The third kappa shape index (κ3) is 4.02. The maximum Gasteiger partial charge on any atom is 0.255 e. The predicted octanol–water partition coefficient (Wildman–Crippen LogP) is 3.54. The Kier molecular flexibility index (Phi) is 5.30. The Bertz CT molecular complexity index is 960. The average Bonchev–Trinajstić information content (AvgIpc) is 3.04. The number of ether oxygens (including phenoxy) is 1. The van der Waals surface area contributed by atoms with Crippen LogP contribution in [0.1, 0.15) is 34.7 Å². The van der Waals surface area contributed by atoms with Crippen LogP contribution in [0.4, 0.5) is 0 Å². The Morgan fingerprint density at radius 3 is 2.86 bits per heavy atom. The number of piperidine rings is 1. The van der Waals surface area contributed by atoms with Crippen LogP contribution < -0.4 is 10.1 Å². The quantitative estimate of drug-likeness (QED) is 0.734. The van der Waals surface area contributed by atoms with Gasteiger partial charge in [0.25, 0.3) is 5.91 Å². The number of benzene rings is 1. The van der Waals surface area contributed by atoms with E-state index in [-0.39, 0.29) is 11.9 Å².